The van der Waals surface area contributed by atoms with E-state index in [1.807, 2.05) is 0 Å². The molecule has 0 atom stereocenters. The second kappa shape index (κ2) is 10.4. The first-order chi connectivity index (χ1) is 1.91. The molecule has 0 unspecified atom stereocenters. The topological polar surface area (TPSA) is 0 Å². The summed E-state index contributed by atoms with van der Waals surface area (Å²) >= 11 is -1.31. The van der Waals surface area contributed by atoms with Gasteiger partial charge < -0.3 is 0 Å². The summed E-state index contributed by atoms with van der Waals surface area (Å²) in [4.78, 5) is 0. The molecule has 0 nitrogen and oxygen atoms in total. The third-order valence-corrected chi connectivity index (χ3v) is 49.5. The van der Waals surface area contributed by atoms with Crippen molar-refractivity contribution in [3.63, 3.8) is 0 Å². The van der Waals surface area contributed by atoms with Gasteiger partial charge in [-0.05, 0) is 0 Å². The van der Waals surface area contributed by atoms with Gasteiger partial charge in [-0.2, -0.15) is 0 Å². The second-order valence-corrected chi connectivity index (χ2v) is 87.3. The van der Waals surface area contributed by atoms with Gasteiger partial charge in [0.2, 0.25) is 0 Å². The Balaban J connectivity index is 0. The van der Waals surface area contributed by atoms with Gasteiger partial charge in [0.25, 0.3) is 0 Å². The summed E-state index contributed by atoms with van der Waals surface area (Å²) in [5, 5.41) is 0. The second-order valence-electron chi connectivity index (χ2n) is 0.378. The van der Waals surface area contributed by atoms with Gasteiger partial charge in [-0.25, -0.2) is 0 Å². The van der Waals surface area contributed by atoms with Gasteiger partial charge >= 0.3 is 82.0 Å². The fourth-order valence-corrected chi connectivity index (χ4v) is 0. The predicted octanol–water partition coefficient (Wildman–Crippen LogP) is 0.726. The van der Waals surface area contributed by atoms with Gasteiger partial charge in [-0.3, -0.25) is 0 Å². The maximum atomic E-state index is 5.38. The summed E-state index contributed by atoms with van der Waals surface area (Å²) in [5.74, 6) is 0. The number of hydrogen-bond acceptors (Lipinski definition) is 0. The van der Waals surface area contributed by atoms with E-state index in [0.29, 0.717) is 0 Å². The Bertz CT molecular complexity index is 9.61. The van der Waals surface area contributed by atoms with Crippen LogP contribution in [0.1, 0.15) is 0 Å². The zero-order valence-electron chi connectivity index (χ0n) is 2.17. The molecule has 0 aliphatic heterocycles. The van der Waals surface area contributed by atoms with Gasteiger partial charge in [-0.1, -0.05) is 0 Å². The van der Waals surface area contributed by atoms with E-state index in [1.165, 1.54) is 0 Å². The molecule has 0 aromatic carbocycles. The van der Waals surface area contributed by atoms with Crippen molar-refractivity contribution in [1.29, 1.82) is 0 Å². The van der Waals surface area contributed by atoms with Crippen molar-refractivity contribution in [1.82, 2.24) is 0 Å². The zero-order valence-corrected chi connectivity index (χ0v) is 14.7. The minimum atomic E-state index is -0.653. The van der Waals surface area contributed by atoms with E-state index in [1.54, 1.807) is 0 Å². The number of hydrogen-bond donors (Lipinski definition) is 0. The van der Waals surface area contributed by atoms with E-state index < -0.39 is 36.0 Å². The maximum absolute atomic E-state index is 5.38. The van der Waals surface area contributed by atoms with Crippen molar-refractivity contribution in [3.05, 3.63) is 0 Å². The molecule has 0 spiro atoms. The van der Waals surface area contributed by atoms with Crippen molar-refractivity contribution in [2.24, 2.45) is 0 Å². The molecule has 0 amide bonds. The first-order valence-electron chi connectivity index (χ1n) is 1.03. The SMILES string of the molecule is [Cl][Hg][Hg][Cl].[NaH]. The Morgan fingerprint density at radius 1 is 1.00 bits per heavy atom. The van der Waals surface area contributed by atoms with Crippen LogP contribution in [0.2, 0.25) is 0 Å². The molecule has 20 valence electrons. The van der Waals surface area contributed by atoms with E-state index in [9.17, 15) is 0 Å². The first-order valence-corrected chi connectivity index (χ1v) is 52.6. The molecule has 0 aliphatic rings. The summed E-state index contributed by atoms with van der Waals surface area (Å²) in [6, 6.07) is 0. The molecule has 0 rings (SSSR count). The van der Waals surface area contributed by atoms with Crippen molar-refractivity contribution in [2.45, 2.75) is 0 Å². The molecule has 0 heterocycles. The quantitative estimate of drug-likeness (QED) is 0.470. The normalized spacial score (nSPS) is 2.80. The molecular weight excluding hydrogens is 495 g/mol. The van der Waals surface area contributed by atoms with E-state index in [0.717, 1.165) is 0 Å². The van der Waals surface area contributed by atoms with Gasteiger partial charge in [0.1, 0.15) is 0 Å². The Kier molecular flexibility index (Phi) is 23.5. The molecular formula is HCl2Hg2Na. The molecule has 0 saturated heterocycles. The van der Waals surface area contributed by atoms with Crippen LogP contribution in [0.4, 0.5) is 0 Å². The number of rotatable bonds is 1. The fourth-order valence-electron chi connectivity index (χ4n) is 0. The monoisotopic (exact) mass is 498 g/mol. The van der Waals surface area contributed by atoms with Crippen LogP contribution in [-0.2, 0) is 36.0 Å². The molecule has 0 N–H and O–H groups in total. The summed E-state index contributed by atoms with van der Waals surface area (Å²) < 4.78 is 0. The van der Waals surface area contributed by atoms with E-state index in [-0.39, 0.29) is 29.6 Å². The molecule has 5 heteroatoms. The Morgan fingerprint density at radius 2 is 1.20 bits per heavy atom. The Labute approximate surface area is 79.7 Å². The van der Waals surface area contributed by atoms with E-state index >= 15 is 0 Å². The molecule has 0 fully saturated rings. The Hall–Kier alpha value is 3.45. The van der Waals surface area contributed by atoms with Crippen LogP contribution in [0, 0.1) is 0 Å². The van der Waals surface area contributed by atoms with Crippen molar-refractivity contribution >= 4 is 46.1 Å². The van der Waals surface area contributed by atoms with Crippen LogP contribution in [0.25, 0.3) is 0 Å². The van der Waals surface area contributed by atoms with Crippen molar-refractivity contribution in [2.75, 3.05) is 0 Å². The molecule has 0 bridgehead atoms. The zero-order chi connectivity index (χ0) is 3.41. The van der Waals surface area contributed by atoms with Crippen LogP contribution < -0.4 is 0 Å². The van der Waals surface area contributed by atoms with Gasteiger partial charge in [0.05, 0.1) is 0 Å². The molecule has 0 saturated carbocycles. The average Bonchev–Trinajstić information content (AvgIpc) is 1.37. The Morgan fingerprint density at radius 3 is 1.20 bits per heavy atom. The fraction of sp³-hybridized carbons (Fsp3) is 0. The van der Waals surface area contributed by atoms with Crippen LogP contribution in [0.3, 0.4) is 0 Å². The number of halogens is 2. The minimum absolute atomic E-state index is 0. The molecule has 0 aromatic heterocycles. The first kappa shape index (κ1) is 11.3. The standard InChI is InChI=1S/2ClH.2Hg.Na.H/h2*1H;;;;/q;;2*+1;;/p-2. The summed E-state index contributed by atoms with van der Waals surface area (Å²) in [6.45, 7) is 0. The molecule has 5 heavy (non-hydrogen) atoms. The summed E-state index contributed by atoms with van der Waals surface area (Å²) in [5.41, 5.74) is 0. The third-order valence-electron chi connectivity index (χ3n) is 0.0714. The molecule has 0 aliphatic carbocycles. The van der Waals surface area contributed by atoms with Crippen molar-refractivity contribution < 1.29 is 36.0 Å². The summed E-state index contributed by atoms with van der Waals surface area (Å²) in [7, 11) is 10.8. The summed E-state index contributed by atoms with van der Waals surface area (Å²) in [6.07, 6.45) is 0. The molecule has 0 radical (unpaired) electrons. The van der Waals surface area contributed by atoms with Crippen LogP contribution >= 0.6 is 16.5 Å². The van der Waals surface area contributed by atoms with E-state index in [4.69, 9.17) is 16.5 Å². The van der Waals surface area contributed by atoms with Gasteiger partial charge in [-0.15, -0.1) is 0 Å². The molecule has 0 aromatic rings. The van der Waals surface area contributed by atoms with Crippen LogP contribution in [0.5, 0.6) is 0 Å². The van der Waals surface area contributed by atoms with Crippen molar-refractivity contribution in [3.8, 4) is 0 Å². The average molecular weight is 496 g/mol. The van der Waals surface area contributed by atoms with Crippen LogP contribution in [0.15, 0.2) is 0 Å². The van der Waals surface area contributed by atoms with Crippen LogP contribution in [-0.4, -0.2) is 29.6 Å². The predicted molar refractivity (Wildman–Crippen MR) is 18.9 cm³/mol. The third kappa shape index (κ3) is 11.2. The van der Waals surface area contributed by atoms with Gasteiger partial charge in [0.15, 0.2) is 0 Å². The van der Waals surface area contributed by atoms with E-state index in [2.05, 4.69) is 0 Å². The van der Waals surface area contributed by atoms with Gasteiger partial charge in [0, 0.05) is 0 Å².